The molecule has 1 amide bonds. The first kappa shape index (κ1) is 19.0. The summed E-state index contributed by atoms with van der Waals surface area (Å²) in [4.78, 5) is 17.1. The minimum absolute atomic E-state index is 0.0196. The number of amides is 1. The molecule has 0 bridgehead atoms. The third kappa shape index (κ3) is 4.73. The first-order chi connectivity index (χ1) is 13.7. The highest BCUT2D eigenvalue weighted by Crippen LogP contribution is 2.17. The number of nitrogens with zero attached hydrogens (tertiary/aromatic N) is 4. The number of fused-ring (bicyclic) bond motifs is 1. The van der Waals surface area contributed by atoms with Crippen molar-refractivity contribution >= 4 is 34.4 Å². The van der Waals surface area contributed by atoms with Crippen molar-refractivity contribution in [1.29, 1.82) is 0 Å². The van der Waals surface area contributed by atoms with Crippen LogP contribution in [0, 0.1) is 0 Å². The highest BCUT2D eigenvalue weighted by molar-refractivity contribution is 7.00. The van der Waals surface area contributed by atoms with Crippen LogP contribution in [0.2, 0.25) is 0 Å². The summed E-state index contributed by atoms with van der Waals surface area (Å²) in [5.74, 6) is 0.0196. The van der Waals surface area contributed by atoms with Crippen LogP contribution >= 0.6 is 11.7 Å². The Morgan fingerprint density at radius 1 is 0.964 bits per heavy atom. The molecule has 1 saturated heterocycles. The van der Waals surface area contributed by atoms with Gasteiger partial charge in [-0.3, -0.25) is 14.6 Å². The van der Waals surface area contributed by atoms with Crippen LogP contribution in [-0.4, -0.2) is 57.2 Å². The Morgan fingerprint density at radius 2 is 1.64 bits per heavy atom. The SMILES string of the molecule is CCc1ccc(CN2CCN(CC(=O)Nc3ccc4nsnc4c3)CC2)cc1. The van der Waals surface area contributed by atoms with Gasteiger partial charge in [0.1, 0.15) is 11.0 Å². The molecule has 6 nitrogen and oxygen atoms in total. The molecule has 0 unspecified atom stereocenters. The maximum absolute atomic E-state index is 12.4. The molecular weight excluding hydrogens is 370 g/mol. The lowest BCUT2D eigenvalue weighted by atomic mass is 10.1. The van der Waals surface area contributed by atoms with Crippen LogP contribution in [0.4, 0.5) is 5.69 Å². The Hall–Kier alpha value is -2.35. The lowest BCUT2D eigenvalue weighted by Crippen LogP contribution is -2.48. The fraction of sp³-hybridized carbons (Fsp3) is 0.381. The molecule has 4 rings (SSSR count). The van der Waals surface area contributed by atoms with Crippen LogP contribution < -0.4 is 5.32 Å². The second-order valence-corrected chi connectivity index (χ2v) is 7.77. The molecule has 1 aliphatic rings. The van der Waals surface area contributed by atoms with E-state index in [9.17, 15) is 4.79 Å². The van der Waals surface area contributed by atoms with Crippen molar-refractivity contribution in [2.24, 2.45) is 0 Å². The summed E-state index contributed by atoms with van der Waals surface area (Å²) in [6, 6.07) is 14.5. The van der Waals surface area contributed by atoms with Gasteiger partial charge in [-0.25, -0.2) is 0 Å². The average Bonchev–Trinajstić information content (AvgIpc) is 3.18. The van der Waals surface area contributed by atoms with Crippen molar-refractivity contribution in [3.63, 3.8) is 0 Å². The monoisotopic (exact) mass is 395 g/mol. The number of aromatic nitrogens is 2. The quantitative estimate of drug-likeness (QED) is 0.695. The van der Waals surface area contributed by atoms with Crippen LogP contribution in [0.1, 0.15) is 18.1 Å². The van der Waals surface area contributed by atoms with Gasteiger partial charge in [0.2, 0.25) is 5.91 Å². The third-order valence-corrected chi connectivity index (χ3v) is 5.76. The molecule has 146 valence electrons. The van der Waals surface area contributed by atoms with Gasteiger partial charge in [0.05, 0.1) is 18.3 Å². The zero-order chi connectivity index (χ0) is 19.3. The minimum Gasteiger partial charge on any atom is -0.325 e. The van der Waals surface area contributed by atoms with Crippen LogP contribution in [0.3, 0.4) is 0 Å². The predicted octanol–water partition coefficient (Wildman–Crippen LogP) is 3.01. The van der Waals surface area contributed by atoms with E-state index in [4.69, 9.17) is 0 Å². The molecule has 28 heavy (non-hydrogen) atoms. The van der Waals surface area contributed by atoms with Crippen molar-refractivity contribution < 1.29 is 4.79 Å². The Labute approximate surface area is 169 Å². The van der Waals surface area contributed by atoms with Crippen molar-refractivity contribution in [2.75, 3.05) is 38.0 Å². The third-order valence-electron chi connectivity index (χ3n) is 5.21. The molecule has 0 saturated carbocycles. The van der Waals surface area contributed by atoms with E-state index < -0.39 is 0 Å². The number of hydrogen-bond acceptors (Lipinski definition) is 6. The molecular formula is C21H25N5OS. The average molecular weight is 396 g/mol. The number of carbonyl (C=O) groups is 1. The van der Waals surface area contributed by atoms with Gasteiger partial charge in [0.25, 0.3) is 0 Å². The summed E-state index contributed by atoms with van der Waals surface area (Å²) in [6.45, 7) is 7.38. The van der Waals surface area contributed by atoms with E-state index in [0.29, 0.717) is 6.54 Å². The molecule has 0 aliphatic carbocycles. The van der Waals surface area contributed by atoms with E-state index in [1.807, 2.05) is 18.2 Å². The molecule has 1 fully saturated rings. The molecule has 1 aliphatic heterocycles. The molecule has 1 N–H and O–H groups in total. The topological polar surface area (TPSA) is 61.4 Å². The van der Waals surface area contributed by atoms with E-state index in [1.54, 1.807) is 0 Å². The molecule has 2 heterocycles. The van der Waals surface area contributed by atoms with E-state index in [2.05, 4.69) is 55.1 Å². The number of carbonyl (C=O) groups excluding carboxylic acids is 1. The van der Waals surface area contributed by atoms with Gasteiger partial charge < -0.3 is 5.32 Å². The summed E-state index contributed by atoms with van der Waals surface area (Å²) in [6.07, 6.45) is 1.08. The molecule has 0 radical (unpaired) electrons. The molecule has 3 aromatic rings. The van der Waals surface area contributed by atoms with Gasteiger partial charge in [-0.15, -0.1) is 0 Å². The van der Waals surface area contributed by atoms with E-state index in [0.717, 1.165) is 55.9 Å². The Morgan fingerprint density at radius 3 is 2.39 bits per heavy atom. The summed E-state index contributed by atoms with van der Waals surface area (Å²) in [7, 11) is 0. The number of anilines is 1. The zero-order valence-electron chi connectivity index (χ0n) is 16.1. The summed E-state index contributed by atoms with van der Waals surface area (Å²) in [5, 5.41) is 2.98. The van der Waals surface area contributed by atoms with E-state index in [-0.39, 0.29) is 5.91 Å². The lowest BCUT2D eigenvalue weighted by Gasteiger charge is -2.34. The number of aryl methyl sites for hydroxylation is 1. The highest BCUT2D eigenvalue weighted by Gasteiger charge is 2.19. The first-order valence-electron chi connectivity index (χ1n) is 9.74. The van der Waals surface area contributed by atoms with Gasteiger partial charge in [0, 0.05) is 38.4 Å². The number of benzene rings is 2. The maximum atomic E-state index is 12.4. The highest BCUT2D eigenvalue weighted by atomic mass is 32.1. The molecule has 1 aromatic heterocycles. The van der Waals surface area contributed by atoms with Crippen molar-refractivity contribution in [2.45, 2.75) is 19.9 Å². The van der Waals surface area contributed by atoms with Crippen molar-refractivity contribution in [1.82, 2.24) is 18.5 Å². The van der Waals surface area contributed by atoms with E-state index in [1.165, 1.54) is 22.9 Å². The predicted molar refractivity (Wildman–Crippen MR) is 114 cm³/mol. The summed E-state index contributed by atoms with van der Waals surface area (Å²) < 4.78 is 8.40. The summed E-state index contributed by atoms with van der Waals surface area (Å²) >= 11 is 1.19. The standard InChI is InChI=1S/C21H25N5OS/c1-2-16-3-5-17(6-4-16)14-25-9-11-26(12-10-25)15-21(27)22-18-7-8-19-20(13-18)24-28-23-19/h3-8,13H,2,9-12,14-15H2,1H3,(H,22,27). The molecule has 7 heteroatoms. The largest absolute Gasteiger partial charge is 0.325 e. The smallest absolute Gasteiger partial charge is 0.238 e. The lowest BCUT2D eigenvalue weighted by molar-refractivity contribution is -0.117. The number of nitrogens with one attached hydrogen (secondary N) is 1. The van der Waals surface area contributed by atoms with Crippen LogP contribution in [-0.2, 0) is 17.8 Å². The number of piperazine rings is 1. The second kappa shape index (κ2) is 8.77. The van der Waals surface area contributed by atoms with Gasteiger partial charge in [-0.2, -0.15) is 8.75 Å². The summed E-state index contributed by atoms with van der Waals surface area (Å²) in [5.41, 5.74) is 5.20. The number of rotatable bonds is 6. The Balaban J connectivity index is 1.23. The van der Waals surface area contributed by atoms with Crippen LogP contribution in [0.5, 0.6) is 0 Å². The van der Waals surface area contributed by atoms with Crippen LogP contribution in [0.25, 0.3) is 11.0 Å². The van der Waals surface area contributed by atoms with Crippen molar-refractivity contribution in [3.05, 3.63) is 53.6 Å². The van der Waals surface area contributed by atoms with Gasteiger partial charge in [-0.1, -0.05) is 31.2 Å². The zero-order valence-corrected chi connectivity index (χ0v) is 16.9. The van der Waals surface area contributed by atoms with Gasteiger partial charge in [-0.05, 0) is 35.7 Å². The molecule has 2 aromatic carbocycles. The first-order valence-corrected chi connectivity index (χ1v) is 10.5. The van der Waals surface area contributed by atoms with Crippen LogP contribution in [0.15, 0.2) is 42.5 Å². The van der Waals surface area contributed by atoms with Crippen molar-refractivity contribution in [3.8, 4) is 0 Å². The molecule has 0 spiro atoms. The maximum Gasteiger partial charge on any atom is 0.238 e. The fourth-order valence-corrected chi connectivity index (χ4v) is 4.02. The van der Waals surface area contributed by atoms with Gasteiger partial charge >= 0.3 is 0 Å². The van der Waals surface area contributed by atoms with E-state index >= 15 is 0 Å². The Kier molecular flexibility index (Phi) is 5.95. The second-order valence-electron chi connectivity index (χ2n) is 7.24. The Bertz CT molecular complexity index is 931. The fourth-order valence-electron chi connectivity index (χ4n) is 3.51. The minimum atomic E-state index is 0.0196. The number of hydrogen-bond donors (Lipinski definition) is 1. The normalized spacial score (nSPS) is 15.8. The van der Waals surface area contributed by atoms with Gasteiger partial charge in [0.15, 0.2) is 0 Å². The molecule has 0 atom stereocenters.